The van der Waals surface area contributed by atoms with Gasteiger partial charge in [0.15, 0.2) is 0 Å². The molecule has 118 valence electrons. The predicted molar refractivity (Wildman–Crippen MR) is 83.6 cm³/mol. The van der Waals surface area contributed by atoms with Gasteiger partial charge in [-0.1, -0.05) is 19.4 Å². The van der Waals surface area contributed by atoms with Crippen LogP contribution < -0.4 is 11.1 Å². The van der Waals surface area contributed by atoms with E-state index < -0.39 is 16.1 Å². The monoisotopic (exact) mass is 313 g/mol. The average molecular weight is 313 g/mol. The molecule has 1 amide bonds. The molecular weight excluding hydrogens is 290 g/mol. The number of benzene rings is 1. The first kappa shape index (κ1) is 17.6. The highest BCUT2D eigenvalue weighted by atomic mass is 32.2. The molecule has 0 saturated carbocycles. The minimum atomic E-state index is -3.55. The number of sulfonamides is 1. The zero-order valence-corrected chi connectivity index (χ0v) is 13.7. The van der Waals surface area contributed by atoms with Gasteiger partial charge in [-0.25, -0.2) is 12.7 Å². The summed E-state index contributed by atoms with van der Waals surface area (Å²) in [7, 11) is -0.607. The van der Waals surface area contributed by atoms with E-state index in [0.717, 1.165) is 10.7 Å². The highest BCUT2D eigenvalue weighted by Gasteiger charge is 2.21. The maximum absolute atomic E-state index is 12.2. The van der Waals surface area contributed by atoms with Crippen molar-refractivity contribution in [1.82, 2.24) is 4.31 Å². The average Bonchev–Trinajstić information content (AvgIpc) is 2.40. The Bertz CT molecular complexity index is 612. The third kappa shape index (κ3) is 4.26. The van der Waals surface area contributed by atoms with E-state index in [9.17, 15) is 13.2 Å². The van der Waals surface area contributed by atoms with Crippen LogP contribution in [-0.2, 0) is 14.8 Å². The Kier molecular flexibility index (Phi) is 5.88. The van der Waals surface area contributed by atoms with E-state index in [2.05, 4.69) is 5.32 Å². The van der Waals surface area contributed by atoms with Crippen molar-refractivity contribution >= 4 is 21.6 Å². The molecule has 0 aromatic heterocycles. The van der Waals surface area contributed by atoms with Gasteiger partial charge in [-0.3, -0.25) is 4.79 Å². The molecule has 0 aliphatic rings. The van der Waals surface area contributed by atoms with Crippen molar-refractivity contribution in [2.24, 2.45) is 5.73 Å². The first-order valence-corrected chi connectivity index (χ1v) is 8.23. The highest BCUT2D eigenvalue weighted by Crippen LogP contribution is 2.22. The fourth-order valence-electron chi connectivity index (χ4n) is 1.83. The largest absolute Gasteiger partial charge is 0.325 e. The number of aryl methyl sites for hydroxylation is 1. The van der Waals surface area contributed by atoms with Crippen molar-refractivity contribution < 1.29 is 13.2 Å². The van der Waals surface area contributed by atoms with E-state index in [1.807, 2.05) is 6.92 Å². The van der Waals surface area contributed by atoms with E-state index in [1.165, 1.54) is 20.2 Å². The lowest BCUT2D eigenvalue weighted by Crippen LogP contribution is -2.35. The van der Waals surface area contributed by atoms with Crippen LogP contribution in [0.3, 0.4) is 0 Å². The first-order chi connectivity index (χ1) is 9.70. The van der Waals surface area contributed by atoms with Crippen molar-refractivity contribution in [3.8, 4) is 0 Å². The third-order valence-electron chi connectivity index (χ3n) is 3.15. The molecule has 3 N–H and O–H groups in total. The highest BCUT2D eigenvalue weighted by molar-refractivity contribution is 7.89. The van der Waals surface area contributed by atoms with E-state index >= 15 is 0 Å². The Hall–Kier alpha value is -1.44. The van der Waals surface area contributed by atoms with Crippen molar-refractivity contribution in [2.75, 3.05) is 19.4 Å². The molecule has 0 saturated heterocycles. The number of nitrogens with two attached hydrogens (primary N) is 1. The zero-order valence-electron chi connectivity index (χ0n) is 12.9. The summed E-state index contributed by atoms with van der Waals surface area (Å²) >= 11 is 0. The molecule has 0 unspecified atom stereocenters. The SMILES string of the molecule is CCC[C@@H](N)C(=O)Nc1ccc(C)c(S(=O)(=O)N(C)C)c1. The summed E-state index contributed by atoms with van der Waals surface area (Å²) < 4.78 is 25.6. The maximum atomic E-state index is 12.2. The van der Waals surface area contributed by atoms with Crippen LogP contribution in [0.4, 0.5) is 5.69 Å². The van der Waals surface area contributed by atoms with Gasteiger partial charge in [0.05, 0.1) is 10.9 Å². The lowest BCUT2D eigenvalue weighted by atomic mass is 10.1. The summed E-state index contributed by atoms with van der Waals surface area (Å²) in [6, 6.07) is 4.20. The van der Waals surface area contributed by atoms with Crippen LogP contribution in [0.1, 0.15) is 25.3 Å². The summed E-state index contributed by atoms with van der Waals surface area (Å²) in [5.74, 6) is -0.311. The second kappa shape index (κ2) is 7.02. The molecule has 7 heteroatoms. The minimum absolute atomic E-state index is 0.175. The van der Waals surface area contributed by atoms with Crippen LogP contribution in [0.5, 0.6) is 0 Å². The molecule has 6 nitrogen and oxygen atoms in total. The maximum Gasteiger partial charge on any atom is 0.242 e. The van der Waals surface area contributed by atoms with E-state index in [4.69, 9.17) is 5.73 Å². The molecule has 0 aliphatic heterocycles. The van der Waals surface area contributed by atoms with Gasteiger partial charge in [-0.05, 0) is 31.0 Å². The molecule has 0 radical (unpaired) electrons. The van der Waals surface area contributed by atoms with Crippen LogP contribution in [0.2, 0.25) is 0 Å². The van der Waals surface area contributed by atoms with Crippen LogP contribution >= 0.6 is 0 Å². The fourth-order valence-corrected chi connectivity index (χ4v) is 2.97. The third-order valence-corrected chi connectivity index (χ3v) is 5.11. The molecule has 1 aromatic carbocycles. The number of nitrogens with one attached hydrogen (secondary N) is 1. The van der Waals surface area contributed by atoms with Gasteiger partial charge < -0.3 is 11.1 Å². The van der Waals surface area contributed by atoms with Gasteiger partial charge in [0, 0.05) is 19.8 Å². The van der Waals surface area contributed by atoms with Gasteiger partial charge in [0.25, 0.3) is 0 Å². The molecule has 0 fully saturated rings. The number of nitrogens with zero attached hydrogens (tertiary/aromatic N) is 1. The fraction of sp³-hybridized carbons (Fsp3) is 0.500. The number of carbonyl (C=O) groups is 1. The van der Waals surface area contributed by atoms with Crippen molar-refractivity contribution in [2.45, 2.75) is 37.6 Å². The molecule has 1 atom stereocenters. The van der Waals surface area contributed by atoms with Gasteiger partial charge >= 0.3 is 0 Å². The Morgan fingerprint density at radius 3 is 2.52 bits per heavy atom. The smallest absolute Gasteiger partial charge is 0.242 e. The molecule has 1 rings (SSSR count). The summed E-state index contributed by atoms with van der Waals surface area (Å²) in [5, 5.41) is 2.66. The quantitative estimate of drug-likeness (QED) is 0.828. The summed E-state index contributed by atoms with van der Waals surface area (Å²) in [5.41, 5.74) is 6.79. The van der Waals surface area contributed by atoms with Gasteiger partial charge in [-0.2, -0.15) is 0 Å². The normalized spacial score (nSPS) is 13.2. The lowest BCUT2D eigenvalue weighted by molar-refractivity contribution is -0.117. The van der Waals surface area contributed by atoms with Crippen LogP contribution in [0.15, 0.2) is 23.1 Å². The summed E-state index contributed by atoms with van der Waals surface area (Å²) in [6.07, 6.45) is 1.39. The Morgan fingerprint density at radius 2 is 2.00 bits per heavy atom. The Morgan fingerprint density at radius 1 is 1.38 bits per heavy atom. The van der Waals surface area contributed by atoms with Gasteiger partial charge in [0.2, 0.25) is 15.9 Å². The first-order valence-electron chi connectivity index (χ1n) is 6.79. The number of hydrogen-bond acceptors (Lipinski definition) is 4. The second-order valence-electron chi connectivity index (χ2n) is 5.15. The topological polar surface area (TPSA) is 92.5 Å². The standard InChI is InChI=1S/C14H23N3O3S/c1-5-6-12(15)14(18)16-11-8-7-10(2)13(9-11)21(19,20)17(3)4/h7-9,12H,5-6,15H2,1-4H3,(H,16,18)/t12-/m1/s1. The van der Waals surface area contributed by atoms with Crippen molar-refractivity contribution in [1.29, 1.82) is 0 Å². The van der Waals surface area contributed by atoms with E-state index in [-0.39, 0.29) is 10.8 Å². The van der Waals surface area contributed by atoms with Crippen molar-refractivity contribution in [3.05, 3.63) is 23.8 Å². The molecule has 1 aromatic rings. The minimum Gasteiger partial charge on any atom is -0.325 e. The summed E-state index contributed by atoms with van der Waals surface area (Å²) in [6.45, 7) is 3.66. The molecule has 0 aliphatic carbocycles. The number of anilines is 1. The Labute approximate surface area is 126 Å². The number of rotatable bonds is 6. The van der Waals surface area contributed by atoms with Gasteiger partial charge in [-0.15, -0.1) is 0 Å². The van der Waals surface area contributed by atoms with E-state index in [0.29, 0.717) is 17.7 Å². The predicted octanol–water partition coefficient (Wildman–Crippen LogP) is 1.31. The van der Waals surface area contributed by atoms with Gasteiger partial charge in [0.1, 0.15) is 0 Å². The summed E-state index contributed by atoms with van der Waals surface area (Å²) in [4.78, 5) is 12.1. The van der Waals surface area contributed by atoms with Crippen LogP contribution in [0.25, 0.3) is 0 Å². The number of hydrogen-bond donors (Lipinski definition) is 2. The van der Waals surface area contributed by atoms with Crippen LogP contribution in [-0.4, -0.2) is 38.8 Å². The lowest BCUT2D eigenvalue weighted by Gasteiger charge is -2.16. The van der Waals surface area contributed by atoms with Crippen molar-refractivity contribution in [3.63, 3.8) is 0 Å². The molecule has 21 heavy (non-hydrogen) atoms. The van der Waals surface area contributed by atoms with E-state index in [1.54, 1.807) is 19.1 Å². The second-order valence-corrected chi connectivity index (χ2v) is 7.27. The molecular formula is C14H23N3O3S. The molecule has 0 bridgehead atoms. The Balaban J connectivity index is 3.06. The molecule has 0 spiro atoms. The van der Waals surface area contributed by atoms with Crippen LogP contribution in [0, 0.1) is 6.92 Å². The number of amides is 1. The zero-order chi connectivity index (χ0) is 16.2. The number of carbonyl (C=O) groups excluding carboxylic acids is 1. The molecule has 0 heterocycles.